The van der Waals surface area contributed by atoms with Crippen LogP contribution in [0, 0.1) is 0 Å². The van der Waals surface area contributed by atoms with Crippen LogP contribution in [-0.2, 0) is 4.74 Å². The van der Waals surface area contributed by atoms with Crippen LogP contribution in [-0.4, -0.2) is 12.2 Å². The molecule has 1 saturated heterocycles. The van der Waals surface area contributed by atoms with E-state index in [4.69, 9.17) is 16.3 Å². The Labute approximate surface area is 87.7 Å². The average Bonchev–Trinajstić information content (AvgIpc) is 2.62. The fourth-order valence-electron chi connectivity index (χ4n) is 1.54. The molecule has 2 rings (SSSR count). The van der Waals surface area contributed by atoms with Crippen LogP contribution in [0.5, 0.6) is 0 Å². The molecule has 1 fully saturated rings. The normalized spacial score (nSPS) is 28.8. The third-order valence-electron chi connectivity index (χ3n) is 2.50. The van der Waals surface area contributed by atoms with Gasteiger partial charge in [-0.1, -0.05) is 18.5 Å². The molecule has 1 nitrogen and oxygen atoms in total. The molecule has 3 unspecified atom stereocenters. The molecule has 0 amide bonds. The summed E-state index contributed by atoms with van der Waals surface area (Å²) < 4.78 is 6.27. The zero-order chi connectivity index (χ0) is 9.42. The van der Waals surface area contributed by atoms with Gasteiger partial charge in [0.25, 0.3) is 0 Å². The van der Waals surface area contributed by atoms with Gasteiger partial charge < -0.3 is 4.74 Å². The molecule has 13 heavy (non-hydrogen) atoms. The second kappa shape index (κ2) is 3.60. The lowest BCUT2D eigenvalue weighted by molar-refractivity contribution is 0.363. The van der Waals surface area contributed by atoms with Crippen LogP contribution in [0.2, 0.25) is 4.34 Å². The SMILES string of the molecule is CC(CC1OC1C)c1ccc(Cl)s1. The Morgan fingerprint density at radius 2 is 2.31 bits per heavy atom. The first-order chi connectivity index (χ1) is 6.16. The van der Waals surface area contributed by atoms with Gasteiger partial charge in [0, 0.05) is 4.88 Å². The molecular weight excluding hydrogens is 204 g/mol. The van der Waals surface area contributed by atoms with Crippen molar-refractivity contribution in [3.8, 4) is 0 Å². The van der Waals surface area contributed by atoms with Crippen molar-refractivity contribution in [3.63, 3.8) is 0 Å². The number of thiophene rings is 1. The standard InChI is InChI=1S/C10H13ClOS/c1-6(5-8-7(2)12-8)9-3-4-10(11)13-9/h3-4,6-8H,5H2,1-2H3. The Bertz CT molecular complexity index is 297. The smallest absolute Gasteiger partial charge is 0.0931 e. The van der Waals surface area contributed by atoms with Crippen molar-refractivity contribution >= 4 is 22.9 Å². The molecule has 1 aliphatic heterocycles. The van der Waals surface area contributed by atoms with Gasteiger partial charge in [-0.15, -0.1) is 11.3 Å². The summed E-state index contributed by atoms with van der Waals surface area (Å²) in [7, 11) is 0. The van der Waals surface area contributed by atoms with Gasteiger partial charge in [0.1, 0.15) is 0 Å². The number of halogens is 1. The van der Waals surface area contributed by atoms with Crippen molar-refractivity contribution in [2.45, 2.75) is 38.4 Å². The van der Waals surface area contributed by atoms with Gasteiger partial charge in [0.15, 0.2) is 0 Å². The van der Waals surface area contributed by atoms with Gasteiger partial charge >= 0.3 is 0 Å². The minimum Gasteiger partial charge on any atom is -0.370 e. The van der Waals surface area contributed by atoms with Gasteiger partial charge in [0.2, 0.25) is 0 Å². The lowest BCUT2D eigenvalue weighted by Gasteiger charge is -2.05. The van der Waals surface area contributed by atoms with Crippen LogP contribution in [0.15, 0.2) is 12.1 Å². The lowest BCUT2D eigenvalue weighted by Crippen LogP contribution is -1.97. The summed E-state index contributed by atoms with van der Waals surface area (Å²) in [5, 5.41) is 0. The summed E-state index contributed by atoms with van der Waals surface area (Å²) in [5.74, 6) is 0.576. The van der Waals surface area contributed by atoms with E-state index < -0.39 is 0 Å². The van der Waals surface area contributed by atoms with Crippen molar-refractivity contribution in [2.75, 3.05) is 0 Å². The Hall–Kier alpha value is -0.0500. The Kier molecular flexibility index (Phi) is 2.63. The molecule has 3 heteroatoms. The second-order valence-electron chi connectivity index (χ2n) is 3.66. The van der Waals surface area contributed by atoms with E-state index in [2.05, 4.69) is 19.9 Å². The fraction of sp³-hybridized carbons (Fsp3) is 0.600. The summed E-state index contributed by atoms with van der Waals surface area (Å²) in [5.41, 5.74) is 0. The third kappa shape index (κ3) is 2.25. The number of hydrogen-bond donors (Lipinski definition) is 0. The van der Waals surface area contributed by atoms with Gasteiger partial charge in [-0.05, 0) is 31.4 Å². The minimum absolute atomic E-state index is 0.470. The number of epoxide rings is 1. The quantitative estimate of drug-likeness (QED) is 0.703. The third-order valence-corrected chi connectivity index (χ3v) is 3.96. The molecule has 3 atom stereocenters. The van der Waals surface area contributed by atoms with E-state index in [1.54, 1.807) is 11.3 Å². The summed E-state index contributed by atoms with van der Waals surface area (Å²) in [6.45, 7) is 4.36. The molecule has 0 aromatic carbocycles. The molecule has 0 N–H and O–H groups in total. The van der Waals surface area contributed by atoms with E-state index in [0.717, 1.165) is 10.8 Å². The zero-order valence-electron chi connectivity index (χ0n) is 7.79. The molecule has 1 aliphatic rings. The topological polar surface area (TPSA) is 12.5 Å². The molecule has 0 bridgehead atoms. The van der Waals surface area contributed by atoms with Crippen LogP contribution in [0.4, 0.5) is 0 Å². The van der Waals surface area contributed by atoms with E-state index in [-0.39, 0.29) is 0 Å². The highest BCUT2D eigenvalue weighted by atomic mass is 35.5. The highest BCUT2D eigenvalue weighted by Crippen LogP contribution is 2.35. The minimum atomic E-state index is 0.470. The van der Waals surface area contributed by atoms with Crippen molar-refractivity contribution < 1.29 is 4.74 Å². The van der Waals surface area contributed by atoms with Gasteiger partial charge in [-0.3, -0.25) is 0 Å². The Morgan fingerprint density at radius 1 is 1.62 bits per heavy atom. The van der Waals surface area contributed by atoms with Crippen molar-refractivity contribution in [2.24, 2.45) is 0 Å². The van der Waals surface area contributed by atoms with Crippen LogP contribution < -0.4 is 0 Å². The van der Waals surface area contributed by atoms with E-state index >= 15 is 0 Å². The van der Waals surface area contributed by atoms with E-state index in [9.17, 15) is 0 Å². The first-order valence-electron chi connectivity index (χ1n) is 4.57. The monoisotopic (exact) mass is 216 g/mol. The van der Waals surface area contributed by atoms with Gasteiger partial charge in [-0.25, -0.2) is 0 Å². The zero-order valence-corrected chi connectivity index (χ0v) is 9.36. The predicted octanol–water partition coefficient (Wildman–Crippen LogP) is 3.68. The van der Waals surface area contributed by atoms with Gasteiger partial charge in [-0.2, -0.15) is 0 Å². The molecule has 1 aromatic rings. The first kappa shape index (κ1) is 9.50. The lowest BCUT2D eigenvalue weighted by atomic mass is 10.0. The molecule has 2 heterocycles. The average molecular weight is 217 g/mol. The summed E-state index contributed by atoms with van der Waals surface area (Å²) in [6.07, 6.45) is 2.08. The van der Waals surface area contributed by atoms with Crippen LogP contribution in [0.3, 0.4) is 0 Å². The van der Waals surface area contributed by atoms with Crippen LogP contribution in [0.1, 0.15) is 31.1 Å². The maximum Gasteiger partial charge on any atom is 0.0931 e. The van der Waals surface area contributed by atoms with Crippen molar-refractivity contribution in [3.05, 3.63) is 21.3 Å². The Balaban J connectivity index is 1.93. The molecule has 1 aromatic heterocycles. The van der Waals surface area contributed by atoms with Crippen molar-refractivity contribution in [1.82, 2.24) is 0 Å². The van der Waals surface area contributed by atoms with Crippen LogP contribution in [0.25, 0.3) is 0 Å². The second-order valence-corrected chi connectivity index (χ2v) is 5.40. The summed E-state index contributed by atoms with van der Waals surface area (Å²) in [6, 6.07) is 4.08. The molecule has 0 spiro atoms. The number of hydrogen-bond acceptors (Lipinski definition) is 2. The summed E-state index contributed by atoms with van der Waals surface area (Å²) in [4.78, 5) is 1.37. The summed E-state index contributed by atoms with van der Waals surface area (Å²) >= 11 is 7.55. The molecule has 0 radical (unpaired) electrons. The van der Waals surface area contributed by atoms with E-state index in [0.29, 0.717) is 18.1 Å². The molecule has 72 valence electrons. The largest absolute Gasteiger partial charge is 0.370 e. The highest BCUT2D eigenvalue weighted by molar-refractivity contribution is 7.16. The maximum absolute atomic E-state index is 5.87. The van der Waals surface area contributed by atoms with Gasteiger partial charge in [0.05, 0.1) is 16.5 Å². The van der Waals surface area contributed by atoms with E-state index in [1.165, 1.54) is 4.88 Å². The Morgan fingerprint density at radius 3 is 2.77 bits per heavy atom. The number of rotatable bonds is 3. The predicted molar refractivity (Wildman–Crippen MR) is 56.7 cm³/mol. The number of ether oxygens (including phenoxy) is 1. The van der Waals surface area contributed by atoms with Crippen molar-refractivity contribution in [1.29, 1.82) is 0 Å². The molecular formula is C10H13ClOS. The molecule has 0 aliphatic carbocycles. The van der Waals surface area contributed by atoms with Crippen LogP contribution >= 0.6 is 22.9 Å². The fourth-order valence-corrected chi connectivity index (χ4v) is 2.66. The first-order valence-corrected chi connectivity index (χ1v) is 5.77. The maximum atomic E-state index is 5.87. The van der Waals surface area contributed by atoms with E-state index in [1.807, 2.05) is 6.07 Å². The highest BCUT2D eigenvalue weighted by Gasteiger charge is 2.35. The molecule has 0 saturated carbocycles.